The molecule has 0 aromatic heterocycles. The molecule has 0 fully saturated rings. The molecule has 0 radical (unpaired) electrons. The molecule has 4 nitrogen and oxygen atoms in total. The van der Waals surface area contributed by atoms with Crippen LogP contribution in [-0.4, -0.2) is 31.3 Å². The van der Waals surface area contributed by atoms with E-state index in [0.717, 1.165) is 30.8 Å². The highest BCUT2D eigenvalue weighted by Gasteiger charge is 2.02. The van der Waals surface area contributed by atoms with E-state index in [1.807, 2.05) is 19.1 Å². The Kier molecular flexibility index (Phi) is 5.85. The predicted octanol–water partition coefficient (Wildman–Crippen LogP) is 0.339. The van der Waals surface area contributed by atoms with Gasteiger partial charge in [-0.1, -0.05) is 12.1 Å². The zero-order valence-corrected chi connectivity index (χ0v) is 9.79. The molecule has 4 heteroatoms. The van der Waals surface area contributed by atoms with Gasteiger partial charge in [0.2, 0.25) is 0 Å². The first-order chi connectivity index (χ1) is 7.75. The van der Waals surface area contributed by atoms with Crippen LogP contribution in [0.3, 0.4) is 0 Å². The number of nitrogens with two attached hydrogens (primary N) is 1. The van der Waals surface area contributed by atoms with Gasteiger partial charge in [-0.2, -0.15) is 0 Å². The first kappa shape index (κ1) is 13.0. The van der Waals surface area contributed by atoms with E-state index in [1.165, 1.54) is 0 Å². The molecule has 0 heterocycles. The van der Waals surface area contributed by atoms with Crippen LogP contribution in [0.5, 0.6) is 5.75 Å². The summed E-state index contributed by atoms with van der Waals surface area (Å²) >= 11 is 0. The third-order valence-corrected chi connectivity index (χ3v) is 2.49. The lowest BCUT2D eigenvalue weighted by molar-refractivity contribution is 0.463. The molecule has 16 heavy (non-hydrogen) atoms. The summed E-state index contributed by atoms with van der Waals surface area (Å²) in [5, 5.41) is 16.1. The second kappa shape index (κ2) is 7.22. The van der Waals surface area contributed by atoms with Crippen molar-refractivity contribution >= 4 is 0 Å². The monoisotopic (exact) mass is 223 g/mol. The second-order valence-corrected chi connectivity index (χ2v) is 3.79. The number of phenolic OH excluding ortho intramolecular Hbond substituents is 1. The van der Waals surface area contributed by atoms with Gasteiger partial charge < -0.3 is 21.5 Å². The van der Waals surface area contributed by atoms with Crippen LogP contribution in [0.25, 0.3) is 0 Å². The third-order valence-electron chi connectivity index (χ3n) is 2.49. The van der Waals surface area contributed by atoms with Crippen LogP contribution in [0.2, 0.25) is 0 Å². The van der Waals surface area contributed by atoms with Gasteiger partial charge in [-0.25, -0.2) is 0 Å². The van der Waals surface area contributed by atoms with Crippen LogP contribution in [0.15, 0.2) is 18.2 Å². The molecule has 0 aliphatic rings. The molecular formula is C12H21N3O. The Hall–Kier alpha value is -1.10. The van der Waals surface area contributed by atoms with E-state index in [4.69, 9.17) is 5.73 Å². The van der Waals surface area contributed by atoms with Gasteiger partial charge >= 0.3 is 0 Å². The Morgan fingerprint density at radius 2 is 1.94 bits per heavy atom. The van der Waals surface area contributed by atoms with Gasteiger partial charge in [0.25, 0.3) is 0 Å². The fraction of sp³-hybridized carbons (Fsp3) is 0.500. The first-order valence-electron chi connectivity index (χ1n) is 5.64. The molecule has 0 atom stereocenters. The number of hydrogen-bond donors (Lipinski definition) is 4. The number of aryl methyl sites for hydroxylation is 1. The zero-order valence-electron chi connectivity index (χ0n) is 9.79. The molecule has 90 valence electrons. The molecule has 0 amide bonds. The summed E-state index contributed by atoms with van der Waals surface area (Å²) in [6.45, 7) is 5.97. The van der Waals surface area contributed by atoms with Gasteiger partial charge in [-0.15, -0.1) is 0 Å². The van der Waals surface area contributed by atoms with Gasteiger partial charge in [0.1, 0.15) is 5.75 Å². The van der Waals surface area contributed by atoms with Crippen LogP contribution >= 0.6 is 0 Å². The topological polar surface area (TPSA) is 70.3 Å². The summed E-state index contributed by atoms with van der Waals surface area (Å²) < 4.78 is 0. The minimum Gasteiger partial charge on any atom is -0.508 e. The third kappa shape index (κ3) is 4.18. The Morgan fingerprint density at radius 1 is 1.19 bits per heavy atom. The molecule has 1 aromatic carbocycles. The van der Waals surface area contributed by atoms with E-state index >= 15 is 0 Å². The molecule has 0 spiro atoms. The van der Waals surface area contributed by atoms with E-state index in [0.29, 0.717) is 18.8 Å². The van der Waals surface area contributed by atoms with Crippen molar-refractivity contribution in [2.24, 2.45) is 5.73 Å². The Bertz CT molecular complexity index is 295. The Morgan fingerprint density at radius 3 is 2.62 bits per heavy atom. The molecule has 0 bridgehead atoms. The highest BCUT2D eigenvalue weighted by Crippen LogP contribution is 2.19. The highest BCUT2D eigenvalue weighted by atomic mass is 16.3. The average Bonchev–Trinajstić information content (AvgIpc) is 2.26. The van der Waals surface area contributed by atoms with Crippen LogP contribution < -0.4 is 16.4 Å². The summed E-state index contributed by atoms with van der Waals surface area (Å²) in [4.78, 5) is 0. The van der Waals surface area contributed by atoms with Crippen molar-refractivity contribution in [2.75, 3.05) is 26.2 Å². The number of aromatic hydroxyl groups is 1. The Balaban J connectivity index is 2.26. The van der Waals surface area contributed by atoms with Crippen molar-refractivity contribution in [3.63, 3.8) is 0 Å². The predicted molar refractivity (Wildman–Crippen MR) is 66.5 cm³/mol. The molecule has 5 N–H and O–H groups in total. The SMILES string of the molecule is Cc1cccc(O)c1CNCCNCCN. The maximum absolute atomic E-state index is 9.66. The zero-order chi connectivity index (χ0) is 11.8. The van der Waals surface area contributed by atoms with Gasteiger partial charge in [-0.3, -0.25) is 0 Å². The normalized spacial score (nSPS) is 10.6. The molecular weight excluding hydrogens is 202 g/mol. The van der Waals surface area contributed by atoms with E-state index in [1.54, 1.807) is 6.07 Å². The van der Waals surface area contributed by atoms with Crippen molar-refractivity contribution < 1.29 is 5.11 Å². The molecule has 0 unspecified atom stereocenters. The van der Waals surface area contributed by atoms with Gasteiger partial charge in [0, 0.05) is 38.3 Å². The van der Waals surface area contributed by atoms with Crippen LogP contribution in [0.1, 0.15) is 11.1 Å². The van der Waals surface area contributed by atoms with Crippen LogP contribution in [0.4, 0.5) is 0 Å². The standard InChI is InChI=1S/C12H21N3O/c1-10-3-2-4-12(16)11(10)9-15-8-7-14-6-5-13/h2-4,14-16H,5-9,13H2,1H3. The average molecular weight is 223 g/mol. The van der Waals surface area contributed by atoms with E-state index in [2.05, 4.69) is 10.6 Å². The molecule has 0 aliphatic heterocycles. The fourth-order valence-electron chi connectivity index (χ4n) is 1.53. The van der Waals surface area contributed by atoms with Crippen molar-refractivity contribution in [1.29, 1.82) is 0 Å². The van der Waals surface area contributed by atoms with Crippen molar-refractivity contribution in [2.45, 2.75) is 13.5 Å². The summed E-state index contributed by atoms with van der Waals surface area (Å²) in [7, 11) is 0. The first-order valence-corrected chi connectivity index (χ1v) is 5.64. The lowest BCUT2D eigenvalue weighted by atomic mass is 10.1. The minimum atomic E-state index is 0.363. The smallest absolute Gasteiger partial charge is 0.120 e. The maximum atomic E-state index is 9.66. The highest BCUT2D eigenvalue weighted by molar-refractivity contribution is 5.38. The Labute approximate surface area is 96.9 Å². The van der Waals surface area contributed by atoms with Crippen LogP contribution in [-0.2, 0) is 6.54 Å². The van der Waals surface area contributed by atoms with Crippen molar-refractivity contribution in [1.82, 2.24) is 10.6 Å². The number of nitrogens with one attached hydrogen (secondary N) is 2. The van der Waals surface area contributed by atoms with Crippen molar-refractivity contribution in [3.8, 4) is 5.75 Å². The lowest BCUT2D eigenvalue weighted by Crippen LogP contribution is -2.30. The largest absolute Gasteiger partial charge is 0.508 e. The summed E-state index contributed by atoms with van der Waals surface area (Å²) in [6.07, 6.45) is 0. The minimum absolute atomic E-state index is 0.363. The number of hydrogen-bond acceptors (Lipinski definition) is 4. The molecule has 0 saturated heterocycles. The molecule has 0 aliphatic carbocycles. The van der Waals surface area contributed by atoms with Crippen molar-refractivity contribution in [3.05, 3.63) is 29.3 Å². The molecule has 0 saturated carbocycles. The van der Waals surface area contributed by atoms with Gasteiger partial charge in [0.15, 0.2) is 0 Å². The van der Waals surface area contributed by atoms with E-state index < -0.39 is 0 Å². The summed E-state index contributed by atoms with van der Waals surface area (Å²) in [6, 6.07) is 5.58. The van der Waals surface area contributed by atoms with Crippen LogP contribution in [0, 0.1) is 6.92 Å². The second-order valence-electron chi connectivity index (χ2n) is 3.79. The van der Waals surface area contributed by atoms with E-state index in [-0.39, 0.29) is 0 Å². The quantitative estimate of drug-likeness (QED) is 0.503. The maximum Gasteiger partial charge on any atom is 0.120 e. The molecule has 1 rings (SSSR count). The lowest BCUT2D eigenvalue weighted by Gasteiger charge is -2.10. The number of phenols is 1. The van der Waals surface area contributed by atoms with Gasteiger partial charge in [-0.05, 0) is 18.6 Å². The summed E-state index contributed by atoms with van der Waals surface area (Å²) in [5.74, 6) is 0.363. The fourth-order valence-corrected chi connectivity index (χ4v) is 1.53. The molecule has 1 aromatic rings. The number of rotatable bonds is 7. The van der Waals surface area contributed by atoms with E-state index in [9.17, 15) is 5.11 Å². The van der Waals surface area contributed by atoms with Gasteiger partial charge in [0.05, 0.1) is 0 Å². The summed E-state index contributed by atoms with van der Waals surface area (Å²) in [5.41, 5.74) is 7.44. The number of benzene rings is 1.